The molecule has 0 bridgehead atoms. The van der Waals surface area contributed by atoms with Crippen LogP contribution in [0.3, 0.4) is 0 Å². The first-order valence-electron chi connectivity index (χ1n) is 6.69. The second kappa shape index (κ2) is 5.55. The molecule has 0 aliphatic rings. The van der Waals surface area contributed by atoms with Gasteiger partial charge in [0.1, 0.15) is 11.1 Å². The molecule has 0 saturated heterocycles. The first-order valence-corrected chi connectivity index (χ1v) is 7.51. The third-order valence-corrected chi connectivity index (χ3v) is 4.23. The maximum absolute atomic E-state index is 9.31. The molecule has 0 amide bonds. The van der Waals surface area contributed by atoms with E-state index in [0.717, 1.165) is 26.6 Å². The van der Waals surface area contributed by atoms with Crippen LogP contribution in [0.1, 0.15) is 5.56 Å². The predicted molar refractivity (Wildman–Crippen MR) is 83.6 cm³/mol. The van der Waals surface area contributed by atoms with Crippen molar-refractivity contribution < 1.29 is 0 Å². The Balaban J connectivity index is 1.92. The molecule has 7 nitrogen and oxygen atoms in total. The molecule has 0 atom stereocenters. The Labute approximate surface area is 135 Å². The summed E-state index contributed by atoms with van der Waals surface area (Å²) in [5.74, 6) is 0. The number of nitriles is 1. The van der Waals surface area contributed by atoms with Crippen LogP contribution in [0.15, 0.2) is 59.4 Å². The van der Waals surface area contributed by atoms with Gasteiger partial charge in [-0.25, -0.2) is 9.50 Å². The second-order valence-electron chi connectivity index (χ2n) is 4.69. The van der Waals surface area contributed by atoms with Crippen molar-refractivity contribution >= 4 is 17.3 Å². The molecule has 0 fully saturated rings. The maximum atomic E-state index is 9.31. The molecule has 4 aromatic heterocycles. The number of nitrogens with one attached hydrogen (secondary N) is 1. The van der Waals surface area contributed by atoms with Crippen molar-refractivity contribution in [3.63, 3.8) is 0 Å². The minimum absolute atomic E-state index is 0.523. The lowest BCUT2D eigenvalue weighted by Gasteiger charge is -2.07. The Morgan fingerprint density at radius 3 is 2.87 bits per heavy atom. The van der Waals surface area contributed by atoms with Crippen LogP contribution in [-0.2, 0) is 0 Å². The van der Waals surface area contributed by atoms with Gasteiger partial charge in [0.25, 0.3) is 0 Å². The molecule has 0 aliphatic heterocycles. The van der Waals surface area contributed by atoms with Crippen molar-refractivity contribution in [2.45, 2.75) is 9.92 Å². The van der Waals surface area contributed by atoms with Crippen LogP contribution in [0.2, 0.25) is 0 Å². The summed E-state index contributed by atoms with van der Waals surface area (Å²) in [5.41, 5.74) is 3.18. The number of aromatic amines is 1. The summed E-state index contributed by atoms with van der Waals surface area (Å²) in [4.78, 5) is 9.25. The van der Waals surface area contributed by atoms with E-state index in [-0.39, 0.29) is 0 Å². The molecular weight excluding hydrogens is 310 g/mol. The number of nitrogens with zero attached hydrogens (tertiary/aromatic N) is 6. The van der Waals surface area contributed by atoms with Crippen molar-refractivity contribution in [3.05, 3.63) is 55.0 Å². The van der Waals surface area contributed by atoms with Gasteiger partial charge in [-0.1, -0.05) is 11.8 Å². The largest absolute Gasteiger partial charge is 0.285 e. The van der Waals surface area contributed by atoms with Crippen LogP contribution in [0.25, 0.3) is 16.6 Å². The van der Waals surface area contributed by atoms with Gasteiger partial charge in [-0.05, 0) is 6.07 Å². The van der Waals surface area contributed by atoms with Crippen LogP contribution >= 0.6 is 11.8 Å². The molecule has 4 aromatic rings. The maximum Gasteiger partial charge on any atom is 0.119 e. The zero-order valence-electron chi connectivity index (χ0n) is 11.7. The van der Waals surface area contributed by atoms with Gasteiger partial charge in [0.2, 0.25) is 0 Å². The number of H-pyrrole nitrogens is 1. The minimum atomic E-state index is 0.523. The summed E-state index contributed by atoms with van der Waals surface area (Å²) in [6, 6.07) is 4.18. The first kappa shape index (κ1) is 13.5. The molecule has 0 spiro atoms. The average Bonchev–Trinajstić information content (AvgIpc) is 3.25. The van der Waals surface area contributed by atoms with Crippen molar-refractivity contribution in [3.8, 4) is 17.2 Å². The highest BCUT2D eigenvalue weighted by Crippen LogP contribution is 2.34. The fourth-order valence-electron chi connectivity index (χ4n) is 2.26. The Bertz CT molecular complexity index is 1000. The fourth-order valence-corrected chi connectivity index (χ4v) is 3.20. The summed E-state index contributed by atoms with van der Waals surface area (Å²) in [6.07, 6.45) is 12.0. The first-order chi connectivity index (χ1) is 11.3. The topological polar surface area (TPSA) is 95.6 Å². The van der Waals surface area contributed by atoms with E-state index >= 15 is 0 Å². The van der Waals surface area contributed by atoms with Crippen LogP contribution in [0.5, 0.6) is 0 Å². The van der Waals surface area contributed by atoms with E-state index in [2.05, 4.69) is 31.3 Å². The molecule has 110 valence electrons. The zero-order valence-corrected chi connectivity index (χ0v) is 12.5. The van der Waals surface area contributed by atoms with E-state index in [4.69, 9.17) is 0 Å². The van der Waals surface area contributed by atoms with E-state index in [1.165, 1.54) is 11.8 Å². The van der Waals surface area contributed by atoms with Gasteiger partial charge in [0.05, 0.1) is 29.7 Å². The standard InChI is InChI=1S/C15H9N7S/c16-4-11-7-21-22-9-10(12-5-19-20-6-12)3-13(15(11)22)23-14-8-17-1-2-18-14/h1-3,5-9H,(H,19,20). The molecule has 1 N–H and O–H groups in total. The van der Waals surface area contributed by atoms with Gasteiger partial charge in [0.15, 0.2) is 0 Å². The van der Waals surface area contributed by atoms with E-state index in [1.807, 2.05) is 18.5 Å². The van der Waals surface area contributed by atoms with Crippen LogP contribution in [0.4, 0.5) is 0 Å². The Morgan fingerprint density at radius 2 is 2.13 bits per heavy atom. The monoisotopic (exact) mass is 319 g/mol. The van der Waals surface area contributed by atoms with Crippen LogP contribution in [0, 0.1) is 11.3 Å². The summed E-state index contributed by atoms with van der Waals surface area (Å²) in [5, 5.41) is 21.1. The third-order valence-electron chi connectivity index (χ3n) is 3.28. The predicted octanol–water partition coefficient (Wildman–Crippen LogP) is 2.54. The SMILES string of the molecule is N#Cc1cnn2cc(-c3cn[nH]c3)cc(Sc3cnccn3)c12. The molecule has 0 saturated carbocycles. The van der Waals surface area contributed by atoms with Gasteiger partial charge in [-0.15, -0.1) is 0 Å². The smallest absolute Gasteiger partial charge is 0.119 e. The molecular formula is C15H9N7S. The van der Waals surface area contributed by atoms with Crippen molar-refractivity contribution in [1.82, 2.24) is 29.8 Å². The molecule has 4 heterocycles. The highest BCUT2D eigenvalue weighted by Gasteiger charge is 2.14. The zero-order chi connectivity index (χ0) is 15.6. The normalized spacial score (nSPS) is 10.7. The van der Waals surface area contributed by atoms with E-state index in [9.17, 15) is 5.26 Å². The van der Waals surface area contributed by atoms with Crippen molar-refractivity contribution in [1.29, 1.82) is 5.26 Å². The lowest BCUT2D eigenvalue weighted by Crippen LogP contribution is -1.92. The lowest BCUT2D eigenvalue weighted by molar-refractivity contribution is 0.950. The fraction of sp³-hybridized carbons (Fsp3) is 0. The van der Waals surface area contributed by atoms with Gasteiger partial charge in [-0.3, -0.25) is 10.1 Å². The minimum Gasteiger partial charge on any atom is -0.285 e. The van der Waals surface area contributed by atoms with E-state index in [1.54, 1.807) is 35.5 Å². The van der Waals surface area contributed by atoms with Gasteiger partial charge >= 0.3 is 0 Å². The number of hydrogen-bond donors (Lipinski definition) is 1. The Hall–Kier alpha value is -3.18. The summed E-state index contributed by atoms with van der Waals surface area (Å²) in [6.45, 7) is 0. The molecule has 0 unspecified atom stereocenters. The molecule has 4 rings (SSSR count). The van der Waals surface area contributed by atoms with Crippen LogP contribution in [-0.4, -0.2) is 29.8 Å². The summed E-state index contributed by atoms with van der Waals surface area (Å²) < 4.78 is 1.71. The van der Waals surface area contributed by atoms with Gasteiger partial charge in [0, 0.05) is 40.8 Å². The quantitative estimate of drug-likeness (QED) is 0.623. The number of rotatable bonds is 3. The molecule has 0 aromatic carbocycles. The van der Waals surface area contributed by atoms with E-state index in [0.29, 0.717) is 5.56 Å². The number of aromatic nitrogens is 6. The number of hydrogen-bond acceptors (Lipinski definition) is 6. The molecule has 0 aliphatic carbocycles. The van der Waals surface area contributed by atoms with Gasteiger partial charge in [-0.2, -0.15) is 15.5 Å². The average molecular weight is 319 g/mol. The summed E-state index contributed by atoms with van der Waals surface area (Å²) >= 11 is 1.45. The second-order valence-corrected chi connectivity index (χ2v) is 5.75. The van der Waals surface area contributed by atoms with Crippen LogP contribution < -0.4 is 0 Å². The Morgan fingerprint density at radius 1 is 1.17 bits per heavy atom. The lowest BCUT2D eigenvalue weighted by atomic mass is 10.1. The van der Waals surface area contributed by atoms with Crippen molar-refractivity contribution in [2.75, 3.05) is 0 Å². The highest BCUT2D eigenvalue weighted by molar-refractivity contribution is 7.99. The molecule has 8 heteroatoms. The van der Waals surface area contributed by atoms with Gasteiger partial charge < -0.3 is 0 Å². The van der Waals surface area contributed by atoms with E-state index < -0.39 is 0 Å². The van der Waals surface area contributed by atoms with Crippen molar-refractivity contribution in [2.24, 2.45) is 0 Å². The number of pyridine rings is 1. The molecule has 0 radical (unpaired) electrons. The summed E-state index contributed by atoms with van der Waals surface area (Å²) in [7, 11) is 0. The third kappa shape index (κ3) is 2.43. The number of fused-ring (bicyclic) bond motifs is 1. The Kier molecular flexibility index (Phi) is 3.25. The molecule has 23 heavy (non-hydrogen) atoms. The highest BCUT2D eigenvalue weighted by atomic mass is 32.2.